The molecule has 0 aliphatic carbocycles. The summed E-state index contributed by atoms with van der Waals surface area (Å²) in [7, 11) is 0. The average molecular weight is 288 g/mol. The molecule has 2 aromatic rings. The number of benzene rings is 1. The molecule has 0 aliphatic rings. The largest absolute Gasteiger partial charge is 0.334 e. The van der Waals surface area contributed by atoms with Crippen LogP contribution in [0, 0.1) is 31.3 Å². The number of nitrogens with one attached hydrogen (secondary N) is 1. The van der Waals surface area contributed by atoms with Crippen molar-refractivity contribution in [3.63, 3.8) is 0 Å². The maximum Gasteiger partial charge on any atom is 0.156 e. The van der Waals surface area contributed by atoms with E-state index in [0.29, 0.717) is 23.3 Å². The van der Waals surface area contributed by atoms with Gasteiger partial charge in [0, 0.05) is 12.1 Å². The van der Waals surface area contributed by atoms with E-state index >= 15 is 0 Å². The Labute approximate surface area is 112 Å². The first-order chi connectivity index (χ1) is 8.90. The molecular weight excluding hydrogens is 279 g/mol. The third kappa shape index (κ3) is 2.63. The van der Waals surface area contributed by atoms with Crippen LogP contribution in [0.5, 0.6) is 0 Å². The lowest BCUT2D eigenvalue weighted by Crippen LogP contribution is -2.05. The Morgan fingerprint density at radius 1 is 1.00 bits per heavy atom. The van der Waals surface area contributed by atoms with Crippen LogP contribution in [-0.2, 0) is 0 Å². The van der Waals surface area contributed by atoms with E-state index < -0.39 is 23.1 Å². The van der Waals surface area contributed by atoms with Crippen LogP contribution in [0.4, 0.5) is 24.7 Å². The van der Waals surface area contributed by atoms with Gasteiger partial charge in [-0.15, -0.1) is 10.2 Å². The highest BCUT2D eigenvalue weighted by Gasteiger charge is 2.15. The first-order valence-electron chi connectivity index (χ1n) is 5.31. The zero-order valence-electron chi connectivity index (χ0n) is 10.1. The maximum absolute atomic E-state index is 13.5. The van der Waals surface area contributed by atoms with E-state index in [0.717, 1.165) is 0 Å². The Bertz CT molecular complexity index is 623. The van der Waals surface area contributed by atoms with E-state index in [9.17, 15) is 13.2 Å². The Balaban J connectivity index is 2.45. The molecule has 0 bridgehead atoms. The van der Waals surface area contributed by atoms with E-state index in [4.69, 9.17) is 11.6 Å². The highest BCUT2D eigenvalue weighted by Crippen LogP contribution is 2.27. The van der Waals surface area contributed by atoms with E-state index in [-0.39, 0.29) is 11.0 Å². The van der Waals surface area contributed by atoms with Crippen molar-refractivity contribution in [3.05, 3.63) is 45.9 Å². The van der Waals surface area contributed by atoms with Crippen LogP contribution < -0.4 is 5.32 Å². The van der Waals surface area contributed by atoms with Crippen molar-refractivity contribution in [3.8, 4) is 0 Å². The van der Waals surface area contributed by atoms with Gasteiger partial charge in [-0.3, -0.25) is 0 Å². The van der Waals surface area contributed by atoms with Crippen molar-refractivity contribution < 1.29 is 13.2 Å². The molecule has 0 saturated carbocycles. The summed E-state index contributed by atoms with van der Waals surface area (Å²) >= 11 is 5.77. The molecule has 0 aliphatic heterocycles. The van der Waals surface area contributed by atoms with Crippen LogP contribution in [0.1, 0.15) is 11.1 Å². The monoisotopic (exact) mass is 287 g/mol. The summed E-state index contributed by atoms with van der Waals surface area (Å²) in [5, 5.41) is 10.0. The molecule has 1 aromatic heterocycles. The number of anilines is 2. The second-order valence-corrected chi connectivity index (χ2v) is 4.32. The minimum atomic E-state index is -1.05. The molecule has 0 saturated heterocycles. The van der Waals surface area contributed by atoms with Crippen LogP contribution in [0.3, 0.4) is 0 Å². The van der Waals surface area contributed by atoms with Crippen molar-refractivity contribution >= 4 is 23.1 Å². The fraction of sp³-hybridized carbons (Fsp3) is 0.167. The minimum absolute atomic E-state index is 0.159. The van der Waals surface area contributed by atoms with E-state index in [1.807, 2.05) is 0 Å². The summed E-state index contributed by atoms with van der Waals surface area (Å²) in [6.45, 7) is 3.38. The zero-order valence-corrected chi connectivity index (χ0v) is 10.8. The first kappa shape index (κ1) is 13.6. The van der Waals surface area contributed by atoms with Crippen LogP contribution in [0.25, 0.3) is 0 Å². The second kappa shape index (κ2) is 5.05. The second-order valence-electron chi connectivity index (χ2n) is 3.96. The molecule has 0 atom stereocenters. The molecule has 7 heteroatoms. The normalized spacial score (nSPS) is 10.6. The van der Waals surface area contributed by atoms with Crippen molar-refractivity contribution in [2.24, 2.45) is 0 Å². The van der Waals surface area contributed by atoms with Gasteiger partial charge in [0.1, 0.15) is 11.5 Å². The number of aromatic nitrogens is 2. The fourth-order valence-electron chi connectivity index (χ4n) is 1.47. The van der Waals surface area contributed by atoms with Crippen LogP contribution in [0.2, 0.25) is 5.15 Å². The van der Waals surface area contributed by atoms with Gasteiger partial charge < -0.3 is 5.32 Å². The summed E-state index contributed by atoms with van der Waals surface area (Å²) in [5.74, 6) is -2.93. The van der Waals surface area contributed by atoms with Gasteiger partial charge in [0.15, 0.2) is 22.6 Å². The quantitative estimate of drug-likeness (QED) is 0.910. The number of hydrogen-bond donors (Lipinski definition) is 1. The molecule has 19 heavy (non-hydrogen) atoms. The molecule has 1 N–H and O–H groups in total. The van der Waals surface area contributed by atoms with Gasteiger partial charge in [0.05, 0.1) is 0 Å². The Kier molecular flexibility index (Phi) is 3.61. The lowest BCUT2D eigenvalue weighted by Gasteiger charge is -2.11. The SMILES string of the molecule is Cc1c(Cl)nnc(Nc2c(F)cc(F)cc2F)c1C. The molecule has 3 nitrogen and oxygen atoms in total. The number of rotatable bonds is 2. The van der Waals surface area contributed by atoms with Crippen LogP contribution in [-0.4, -0.2) is 10.2 Å². The highest BCUT2D eigenvalue weighted by molar-refractivity contribution is 6.30. The molecule has 0 amide bonds. The number of hydrogen-bond acceptors (Lipinski definition) is 3. The van der Waals surface area contributed by atoms with Gasteiger partial charge in [-0.1, -0.05) is 11.6 Å². The van der Waals surface area contributed by atoms with Crippen LogP contribution in [0.15, 0.2) is 12.1 Å². The van der Waals surface area contributed by atoms with Crippen molar-refractivity contribution in [2.45, 2.75) is 13.8 Å². The Hall–Kier alpha value is -1.82. The predicted molar refractivity (Wildman–Crippen MR) is 66.1 cm³/mol. The third-order valence-corrected chi connectivity index (χ3v) is 3.07. The maximum atomic E-state index is 13.5. The fourth-order valence-corrected chi connectivity index (χ4v) is 1.65. The summed E-state index contributed by atoms with van der Waals surface area (Å²) < 4.78 is 39.8. The molecule has 1 heterocycles. The lowest BCUT2D eigenvalue weighted by molar-refractivity contribution is 0.548. The lowest BCUT2D eigenvalue weighted by atomic mass is 10.2. The van der Waals surface area contributed by atoms with E-state index in [1.165, 1.54) is 0 Å². The molecule has 0 radical (unpaired) electrons. The molecule has 0 spiro atoms. The van der Waals surface area contributed by atoms with E-state index in [1.54, 1.807) is 13.8 Å². The van der Waals surface area contributed by atoms with Crippen molar-refractivity contribution in [1.82, 2.24) is 10.2 Å². The number of halogens is 4. The van der Waals surface area contributed by atoms with Gasteiger partial charge in [-0.05, 0) is 25.0 Å². The number of nitrogens with zero attached hydrogens (tertiary/aromatic N) is 2. The standard InChI is InChI=1S/C12H9ClF3N3/c1-5-6(2)12(19-18-11(5)13)17-10-8(15)3-7(14)4-9(10)16/h3-4H,1-2H3,(H,17,19). The van der Waals surface area contributed by atoms with Gasteiger partial charge in [0.2, 0.25) is 0 Å². The average Bonchev–Trinajstić information content (AvgIpc) is 2.33. The van der Waals surface area contributed by atoms with Gasteiger partial charge in [-0.25, -0.2) is 13.2 Å². The zero-order chi connectivity index (χ0) is 14.2. The third-order valence-electron chi connectivity index (χ3n) is 2.72. The Morgan fingerprint density at radius 3 is 2.16 bits per heavy atom. The predicted octanol–water partition coefficient (Wildman–Crippen LogP) is 3.91. The van der Waals surface area contributed by atoms with Gasteiger partial charge in [-0.2, -0.15) is 0 Å². The molecule has 2 rings (SSSR count). The molecule has 100 valence electrons. The first-order valence-corrected chi connectivity index (χ1v) is 5.69. The molecule has 1 aromatic carbocycles. The van der Waals surface area contributed by atoms with Crippen molar-refractivity contribution in [1.29, 1.82) is 0 Å². The van der Waals surface area contributed by atoms with Gasteiger partial charge in [0.25, 0.3) is 0 Å². The molecular formula is C12H9ClF3N3. The highest BCUT2D eigenvalue weighted by atomic mass is 35.5. The van der Waals surface area contributed by atoms with Crippen molar-refractivity contribution in [2.75, 3.05) is 5.32 Å². The van der Waals surface area contributed by atoms with Crippen LogP contribution >= 0.6 is 11.6 Å². The summed E-state index contributed by atoms with van der Waals surface area (Å²) in [6, 6.07) is 1.16. The summed E-state index contributed by atoms with van der Waals surface area (Å²) in [6.07, 6.45) is 0. The van der Waals surface area contributed by atoms with E-state index in [2.05, 4.69) is 15.5 Å². The molecule has 0 unspecified atom stereocenters. The summed E-state index contributed by atoms with van der Waals surface area (Å²) in [5.41, 5.74) is 0.755. The summed E-state index contributed by atoms with van der Waals surface area (Å²) in [4.78, 5) is 0. The smallest absolute Gasteiger partial charge is 0.156 e. The molecule has 0 fully saturated rings. The Morgan fingerprint density at radius 2 is 1.58 bits per heavy atom. The van der Waals surface area contributed by atoms with Gasteiger partial charge >= 0.3 is 0 Å². The minimum Gasteiger partial charge on any atom is -0.334 e. The topological polar surface area (TPSA) is 37.8 Å².